The summed E-state index contributed by atoms with van der Waals surface area (Å²) >= 11 is 3.67. The molecule has 0 radical (unpaired) electrons. The van der Waals surface area contributed by atoms with Crippen LogP contribution >= 0.6 is 22.7 Å². The molecule has 11 rings (SSSR count). The van der Waals surface area contributed by atoms with Crippen molar-refractivity contribution in [3.05, 3.63) is 169 Å². The van der Waals surface area contributed by atoms with Gasteiger partial charge in [0, 0.05) is 60.4 Å². The van der Waals surface area contributed by atoms with Gasteiger partial charge < -0.3 is 14.1 Å². The van der Waals surface area contributed by atoms with Crippen molar-refractivity contribution in [2.24, 2.45) is 0 Å². The zero-order valence-electron chi connectivity index (χ0n) is 27.2. The summed E-state index contributed by atoms with van der Waals surface area (Å²) in [7, 11) is 0. The lowest BCUT2D eigenvalue weighted by molar-refractivity contribution is 0.270. The minimum atomic E-state index is -0.121. The first-order valence-corrected chi connectivity index (χ1v) is 18.7. The summed E-state index contributed by atoms with van der Waals surface area (Å²) in [5, 5.41) is 6.10. The minimum Gasteiger partial charge on any atom is -0.484 e. The smallest absolute Gasteiger partial charge is 0.153 e. The minimum absolute atomic E-state index is 0.121. The number of pyridine rings is 1. The van der Waals surface area contributed by atoms with Crippen molar-refractivity contribution >= 4 is 75.4 Å². The van der Waals surface area contributed by atoms with Crippen molar-refractivity contribution in [3.8, 4) is 27.5 Å². The highest BCUT2D eigenvalue weighted by molar-refractivity contribution is 7.31. The standard InChI is InChI=1S/C45H28N2O2S2/c1-2-9-28(10-3-1)40-25-41-42(50-40)26-43(51-41)47(29-18-16-27(17-19-29)38-24-36-37(48-38)15-8-22-46-36)30-20-21-35-39(23-30)49-45-34-14-7-5-12-32(34)31-11-4-6-13-33(31)44(35)45/h1-26,35,39H. The van der Waals surface area contributed by atoms with Crippen LogP contribution in [0.5, 0.6) is 5.75 Å². The van der Waals surface area contributed by atoms with Gasteiger partial charge >= 0.3 is 0 Å². The van der Waals surface area contributed by atoms with E-state index in [0.717, 1.165) is 44.6 Å². The Labute approximate surface area is 301 Å². The third kappa shape index (κ3) is 4.61. The second-order valence-electron chi connectivity index (χ2n) is 13.1. The Morgan fingerprint density at radius 1 is 0.647 bits per heavy atom. The maximum absolute atomic E-state index is 6.93. The van der Waals surface area contributed by atoms with Crippen LogP contribution in [-0.2, 0) is 0 Å². The van der Waals surface area contributed by atoms with Crippen LogP contribution in [0.2, 0.25) is 0 Å². The summed E-state index contributed by atoms with van der Waals surface area (Å²) in [4.78, 5) is 8.12. The van der Waals surface area contributed by atoms with Crippen LogP contribution in [0.4, 0.5) is 10.7 Å². The van der Waals surface area contributed by atoms with Crippen molar-refractivity contribution in [1.82, 2.24) is 4.98 Å². The van der Waals surface area contributed by atoms with Gasteiger partial charge in [0.2, 0.25) is 0 Å². The fourth-order valence-electron chi connectivity index (χ4n) is 7.75. The summed E-state index contributed by atoms with van der Waals surface area (Å²) in [5.41, 5.74) is 7.36. The SMILES string of the molecule is C1=CC2c3c(c4ccccc4c4ccccc34)OC2C=C1N(c1ccc(-c2cc3ncccc3o2)cc1)c1cc2sc(-c3ccccc3)cc2s1. The van der Waals surface area contributed by atoms with E-state index in [1.807, 2.05) is 40.9 Å². The number of furan rings is 1. The molecular formula is C45H28N2O2S2. The topological polar surface area (TPSA) is 38.5 Å². The van der Waals surface area contributed by atoms with E-state index in [1.54, 1.807) is 6.20 Å². The van der Waals surface area contributed by atoms with Crippen molar-refractivity contribution < 1.29 is 9.15 Å². The fraction of sp³-hybridized carbons (Fsp3) is 0.0444. The zero-order chi connectivity index (χ0) is 33.5. The van der Waals surface area contributed by atoms with Gasteiger partial charge in [-0.3, -0.25) is 4.98 Å². The van der Waals surface area contributed by atoms with E-state index in [9.17, 15) is 0 Å². The molecule has 1 aliphatic heterocycles. The maximum Gasteiger partial charge on any atom is 0.153 e. The number of hydrogen-bond donors (Lipinski definition) is 0. The van der Waals surface area contributed by atoms with Gasteiger partial charge in [0.15, 0.2) is 5.58 Å². The predicted octanol–water partition coefficient (Wildman–Crippen LogP) is 12.9. The second kappa shape index (κ2) is 11.3. The Balaban J connectivity index is 1.02. The van der Waals surface area contributed by atoms with E-state index >= 15 is 0 Å². The number of anilines is 2. The fourth-order valence-corrected chi connectivity index (χ4v) is 10.2. The molecule has 51 heavy (non-hydrogen) atoms. The molecule has 5 aromatic carbocycles. The van der Waals surface area contributed by atoms with Crippen molar-refractivity contribution in [2.45, 2.75) is 12.0 Å². The molecule has 0 bridgehead atoms. The molecule has 2 unspecified atom stereocenters. The molecular weight excluding hydrogens is 665 g/mol. The molecule has 0 saturated heterocycles. The summed E-state index contributed by atoms with van der Waals surface area (Å²) in [5.74, 6) is 1.94. The number of fused-ring (bicyclic) bond motifs is 10. The average molecular weight is 693 g/mol. The number of thiophene rings is 2. The number of allylic oxidation sites excluding steroid dienone is 1. The molecule has 1 aliphatic carbocycles. The van der Waals surface area contributed by atoms with Crippen LogP contribution in [0.3, 0.4) is 0 Å². The van der Waals surface area contributed by atoms with Gasteiger partial charge in [-0.15, -0.1) is 22.7 Å². The Kier molecular flexibility index (Phi) is 6.38. The van der Waals surface area contributed by atoms with Crippen molar-refractivity contribution in [3.63, 3.8) is 0 Å². The van der Waals surface area contributed by atoms with Crippen LogP contribution in [0.25, 0.3) is 63.8 Å². The summed E-state index contributed by atoms with van der Waals surface area (Å²) in [6.45, 7) is 0. The summed E-state index contributed by atoms with van der Waals surface area (Å²) in [6.07, 6.45) is 8.62. The van der Waals surface area contributed by atoms with Crippen LogP contribution < -0.4 is 9.64 Å². The number of nitrogens with zero attached hydrogens (tertiary/aromatic N) is 2. The molecule has 4 nitrogen and oxygen atoms in total. The quantitative estimate of drug-likeness (QED) is 0.168. The predicted molar refractivity (Wildman–Crippen MR) is 213 cm³/mol. The van der Waals surface area contributed by atoms with E-state index in [-0.39, 0.29) is 12.0 Å². The first kappa shape index (κ1) is 28.8. The molecule has 0 spiro atoms. The molecule has 4 aromatic heterocycles. The van der Waals surface area contributed by atoms with Crippen LogP contribution in [0.15, 0.2) is 168 Å². The van der Waals surface area contributed by atoms with E-state index in [2.05, 4.69) is 143 Å². The number of ether oxygens (including phenoxy) is 1. The maximum atomic E-state index is 6.93. The van der Waals surface area contributed by atoms with Crippen LogP contribution in [0, 0.1) is 0 Å². The van der Waals surface area contributed by atoms with Gasteiger partial charge in [0.25, 0.3) is 0 Å². The largest absolute Gasteiger partial charge is 0.484 e. The molecule has 2 atom stereocenters. The van der Waals surface area contributed by atoms with Crippen molar-refractivity contribution in [1.29, 1.82) is 0 Å². The van der Waals surface area contributed by atoms with Gasteiger partial charge in [-0.25, -0.2) is 0 Å². The van der Waals surface area contributed by atoms with Crippen molar-refractivity contribution in [2.75, 3.05) is 4.90 Å². The lowest BCUT2D eigenvalue weighted by atomic mass is 9.86. The Morgan fingerprint density at radius 2 is 1.39 bits per heavy atom. The molecule has 6 heteroatoms. The molecule has 242 valence electrons. The number of rotatable bonds is 5. The summed E-state index contributed by atoms with van der Waals surface area (Å²) < 4.78 is 15.7. The van der Waals surface area contributed by atoms with Crippen LogP contribution in [-0.4, -0.2) is 11.1 Å². The number of benzene rings is 5. The molecule has 0 amide bonds. The average Bonchev–Trinajstić information content (AvgIpc) is 3.97. The number of hydrogen-bond acceptors (Lipinski definition) is 6. The second-order valence-corrected chi connectivity index (χ2v) is 15.2. The van der Waals surface area contributed by atoms with E-state index in [4.69, 9.17) is 9.15 Å². The Hall–Kier alpha value is -5.95. The molecule has 0 N–H and O–H groups in total. The lowest BCUT2D eigenvalue weighted by Gasteiger charge is -2.28. The highest BCUT2D eigenvalue weighted by Crippen LogP contribution is 2.52. The van der Waals surface area contributed by atoms with Gasteiger partial charge in [-0.05, 0) is 82.4 Å². The molecule has 9 aromatic rings. The monoisotopic (exact) mass is 692 g/mol. The van der Waals surface area contributed by atoms with E-state index < -0.39 is 0 Å². The lowest BCUT2D eigenvalue weighted by Crippen LogP contribution is -2.23. The molecule has 0 saturated carbocycles. The van der Waals surface area contributed by atoms with Gasteiger partial charge in [-0.2, -0.15) is 0 Å². The summed E-state index contributed by atoms with van der Waals surface area (Å²) in [6, 6.07) is 47.2. The highest BCUT2D eigenvalue weighted by atomic mass is 32.1. The highest BCUT2D eigenvalue weighted by Gasteiger charge is 2.37. The van der Waals surface area contributed by atoms with E-state index in [0.29, 0.717) is 0 Å². The van der Waals surface area contributed by atoms with Gasteiger partial charge in [0.05, 0.1) is 0 Å². The third-order valence-corrected chi connectivity index (χ3v) is 12.4. The number of aromatic nitrogens is 1. The van der Waals surface area contributed by atoms with Gasteiger partial charge in [0.1, 0.15) is 28.1 Å². The Bertz CT molecular complexity index is 2800. The zero-order valence-corrected chi connectivity index (χ0v) is 28.8. The van der Waals surface area contributed by atoms with Gasteiger partial charge in [-0.1, -0.05) is 84.9 Å². The van der Waals surface area contributed by atoms with Crippen LogP contribution in [0.1, 0.15) is 11.5 Å². The third-order valence-electron chi connectivity index (χ3n) is 10.1. The van der Waals surface area contributed by atoms with E-state index in [1.165, 1.54) is 46.9 Å². The normalized spacial score (nSPS) is 16.4. The first-order chi connectivity index (χ1) is 25.2. The molecule has 2 aliphatic rings. The first-order valence-electron chi connectivity index (χ1n) is 17.1. The Morgan fingerprint density at radius 3 is 2.20 bits per heavy atom. The molecule has 5 heterocycles. The molecule has 0 fully saturated rings.